The molecule has 164 valence electrons. The van der Waals surface area contributed by atoms with E-state index < -0.39 is 11.0 Å². The van der Waals surface area contributed by atoms with Gasteiger partial charge in [0.05, 0.1) is 18.6 Å². The van der Waals surface area contributed by atoms with Gasteiger partial charge in [-0.2, -0.15) is 5.26 Å². The third-order valence-corrected chi connectivity index (χ3v) is 6.29. The third kappa shape index (κ3) is 5.46. The van der Waals surface area contributed by atoms with Crippen LogP contribution >= 0.6 is 0 Å². The molecule has 0 spiro atoms. The number of amides is 1. The molecule has 1 N–H and O–H groups in total. The summed E-state index contributed by atoms with van der Waals surface area (Å²) in [7, 11) is 1.66. The van der Waals surface area contributed by atoms with Gasteiger partial charge in [0.1, 0.15) is 11.4 Å². The number of rotatable bonds is 4. The molecular weight excluding hydrogens is 378 g/mol. The zero-order valence-corrected chi connectivity index (χ0v) is 18.7. The summed E-state index contributed by atoms with van der Waals surface area (Å²) in [5.41, 5.74) is 0.186. The first-order valence-electron chi connectivity index (χ1n) is 11.0. The van der Waals surface area contributed by atoms with Gasteiger partial charge in [-0.15, -0.1) is 0 Å². The molecular formula is C24H35N3O3. The van der Waals surface area contributed by atoms with Crippen LogP contribution in [0.5, 0.6) is 5.75 Å². The second-order valence-electron chi connectivity index (χ2n) is 9.61. The summed E-state index contributed by atoms with van der Waals surface area (Å²) < 4.78 is 10.8. The minimum absolute atomic E-state index is 0.212. The molecule has 1 saturated heterocycles. The molecule has 30 heavy (non-hydrogen) atoms. The van der Waals surface area contributed by atoms with E-state index in [1.165, 1.54) is 0 Å². The lowest BCUT2D eigenvalue weighted by Crippen LogP contribution is -2.50. The first-order chi connectivity index (χ1) is 14.2. The van der Waals surface area contributed by atoms with E-state index in [1.54, 1.807) is 7.11 Å². The molecule has 3 rings (SSSR count). The minimum atomic E-state index is -0.454. The molecule has 0 unspecified atom stereocenters. The summed E-state index contributed by atoms with van der Waals surface area (Å²) in [4.78, 5) is 14.1. The fourth-order valence-corrected chi connectivity index (χ4v) is 4.55. The van der Waals surface area contributed by atoms with Gasteiger partial charge in [-0.3, -0.25) is 0 Å². The van der Waals surface area contributed by atoms with Gasteiger partial charge in [-0.1, -0.05) is 12.1 Å². The Bertz CT molecular complexity index is 765. The van der Waals surface area contributed by atoms with Gasteiger partial charge in [0.15, 0.2) is 0 Å². The number of likely N-dealkylation sites (tertiary alicyclic amines) is 1. The number of hydrogen-bond acceptors (Lipinski definition) is 5. The van der Waals surface area contributed by atoms with Crippen molar-refractivity contribution in [2.45, 2.75) is 82.4 Å². The number of nitrogens with one attached hydrogen (secondary N) is 1. The van der Waals surface area contributed by atoms with Crippen LogP contribution in [-0.4, -0.2) is 48.9 Å². The van der Waals surface area contributed by atoms with Crippen molar-refractivity contribution >= 4 is 6.09 Å². The van der Waals surface area contributed by atoms with Crippen LogP contribution in [0.25, 0.3) is 0 Å². The zero-order valence-electron chi connectivity index (χ0n) is 18.7. The van der Waals surface area contributed by atoms with Crippen LogP contribution in [0.1, 0.15) is 64.9 Å². The Hall–Kier alpha value is -2.26. The van der Waals surface area contributed by atoms with Crippen molar-refractivity contribution in [1.29, 1.82) is 5.26 Å². The highest BCUT2D eigenvalue weighted by molar-refractivity contribution is 5.68. The van der Waals surface area contributed by atoms with Gasteiger partial charge in [0.2, 0.25) is 0 Å². The van der Waals surface area contributed by atoms with Gasteiger partial charge < -0.3 is 19.7 Å². The lowest BCUT2D eigenvalue weighted by atomic mass is 9.69. The number of nitrogens with zero attached hydrogens (tertiary/aromatic N) is 2. The summed E-state index contributed by atoms with van der Waals surface area (Å²) in [6, 6.07) is 11.4. The lowest BCUT2D eigenvalue weighted by molar-refractivity contribution is 0.0194. The summed E-state index contributed by atoms with van der Waals surface area (Å²) in [5, 5.41) is 13.8. The van der Waals surface area contributed by atoms with Gasteiger partial charge in [0, 0.05) is 25.2 Å². The number of nitriles is 1. The standard InChI is InChI=1S/C24H35N3O3/c1-23(2,3)30-22(28)27-14-10-20(11-15-27)26-19-8-12-24(17-25,13-9-19)18-6-5-7-21(16-18)29-4/h5-7,16,19-20,26H,8-15H2,1-4H3/t19-,24+. The minimum Gasteiger partial charge on any atom is -0.497 e. The van der Waals surface area contributed by atoms with Crippen molar-refractivity contribution in [3.8, 4) is 11.8 Å². The number of ether oxygens (including phenoxy) is 2. The van der Waals surface area contributed by atoms with Crippen LogP contribution in [-0.2, 0) is 10.2 Å². The number of methoxy groups -OCH3 is 1. The topological polar surface area (TPSA) is 74.6 Å². The summed E-state index contributed by atoms with van der Waals surface area (Å²) in [6.07, 6.45) is 5.34. The Labute approximate surface area is 180 Å². The van der Waals surface area contributed by atoms with Gasteiger partial charge in [0.25, 0.3) is 0 Å². The van der Waals surface area contributed by atoms with Crippen molar-refractivity contribution in [2.75, 3.05) is 20.2 Å². The SMILES string of the molecule is COc1cccc([C@]2(C#N)CC[C@H](NC3CCN(C(=O)OC(C)(C)C)CC3)CC2)c1. The Morgan fingerprint density at radius 3 is 2.37 bits per heavy atom. The predicted octanol–water partition coefficient (Wildman–Crippen LogP) is 4.39. The molecule has 0 atom stereocenters. The third-order valence-electron chi connectivity index (χ3n) is 6.29. The Morgan fingerprint density at radius 1 is 1.17 bits per heavy atom. The van der Waals surface area contributed by atoms with E-state index >= 15 is 0 Å². The van der Waals surface area contributed by atoms with Crippen LogP contribution in [0, 0.1) is 11.3 Å². The van der Waals surface area contributed by atoms with E-state index in [2.05, 4.69) is 11.4 Å². The van der Waals surface area contributed by atoms with Crippen molar-refractivity contribution in [3.05, 3.63) is 29.8 Å². The first-order valence-corrected chi connectivity index (χ1v) is 11.0. The van der Waals surface area contributed by atoms with Crippen LogP contribution in [0.4, 0.5) is 4.79 Å². The largest absolute Gasteiger partial charge is 0.497 e. The van der Waals surface area contributed by atoms with E-state index in [-0.39, 0.29) is 6.09 Å². The Balaban J connectivity index is 1.49. The highest BCUT2D eigenvalue weighted by Gasteiger charge is 2.38. The molecule has 1 aromatic rings. The molecule has 2 aliphatic rings. The average molecular weight is 414 g/mol. The van der Waals surface area contributed by atoms with Gasteiger partial charge in [-0.05, 0) is 77.0 Å². The maximum Gasteiger partial charge on any atom is 0.410 e. The zero-order chi connectivity index (χ0) is 21.8. The van der Waals surface area contributed by atoms with Crippen molar-refractivity contribution in [2.24, 2.45) is 0 Å². The number of hydrogen-bond donors (Lipinski definition) is 1. The summed E-state index contributed by atoms with van der Waals surface area (Å²) in [5.74, 6) is 0.805. The molecule has 1 saturated carbocycles. The second-order valence-corrected chi connectivity index (χ2v) is 9.61. The van der Waals surface area contributed by atoms with E-state index in [4.69, 9.17) is 9.47 Å². The lowest BCUT2D eigenvalue weighted by Gasteiger charge is -2.39. The molecule has 6 nitrogen and oxygen atoms in total. The van der Waals surface area contributed by atoms with Crippen molar-refractivity contribution in [1.82, 2.24) is 10.2 Å². The van der Waals surface area contributed by atoms with Crippen LogP contribution < -0.4 is 10.1 Å². The molecule has 2 fully saturated rings. The number of benzene rings is 1. The van der Waals surface area contributed by atoms with E-state index in [1.807, 2.05) is 49.9 Å². The fraction of sp³-hybridized carbons (Fsp3) is 0.667. The molecule has 1 aromatic carbocycles. The second kappa shape index (κ2) is 9.26. The molecule has 0 radical (unpaired) electrons. The quantitative estimate of drug-likeness (QED) is 0.792. The van der Waals surface area contributed by atoms with E-state index in [0.717, 1.165) is 62.9 Å². The fourth-order valence-electron chi connectivity index (χ4n) is 4.55. The van der Waals surface area contributed by atoms with Gasteiger partial charge in [-0.25, -0.2) is 4.79 Å². The van der Waals surface area contributed by atoms with E-state index in [0.29, 0.717) is 12.1 Å². The molecule has 1 heterocycles. The maximum atomic E-state index is 12.2. The highest BCUT2D eigenvalue weighted by Crippen LogP contribution is 2.40. The Morgan fingerprint density at radius 2 is 1.80 bits per heavy atom. The first kappa shape index (κ1) is 22.4. The predicted molar refractivity (Wildman–Crippen MR) is 117 cm³/mol. The number of piperidine rings is 1. The van der Waals surface area contributed by atoms with Crippen LogP contribution in [0.3, 0.4) is 0 Å². The van der Waals surface area contributed by atoms with Crippen molar-refractivity contribution in [3.63, 3.8) is 0 Å². The Kier molecular flexibility index (Phi) is 6.92. The molecule has 0 aromatic heterocycles. The molecule has 1 aliphatic heterocycles. The monoisotopic (exact) mass is 413 g/mol. The summed E-state index contributed by atoms with van der Waals surface area (Å²) >= 11 is 0. The van der Waals surface area contributed by atoms with Gasteiger partial charge >= 0.3 is 6.09 Å². The molecule has 6 heteroatoms. The average Bonchev–Trinajstić information content (AvgIpc) is 2.74. The molecule has 1 amide bonds. The smallest absolute Gasteiger partial charge is 0.410 e. The maximum absolute atomic E-state index is 12.2. The number of carbonyl (C=O) groups is 1. The number of carbonyl (C=O) groups excluding carboxylic acids is 1. The highest BCUT2D eigenvalue weighted by atomic mass is 16.6. The van der Waals surface area contributed by atoms with Crippen LogP contribution in [0.2, 0.25) is 0 Å². The summed E-state index contributed by atoms with van der Waals surface area (Å²) in [6.45, 7) is 7.15. The van der Waals surface area contributed by atoms with E-state index in [9.17, 15) is 10.1 Å². The van der Waals surface area contributed by atoms with Crippen molar-refractivity contribution < 1.29 is 14.3 Å². The normalized spacial score (nSPS) is 25.4. The molecule has 1 aliphatic carbocycles. The molecule has 0 bridgehead atoms. The van der Waals surface area contributed by atoms with Crippen LogP contribution in [0.15, 0.2) is 24.3 Å².